The van der Waals surface area contributed by atoms with E-state index in [0.717, 1.165) is 17.8 Å². The van der Waals surface area contributed by atoms with Crippen molar-refractivity contribution < 1.29 is 37.0 Å². The minimum Gasteiger partial charge on any atom is -0.376 e. The number of rotatable bonds is 9. The van der Waals surface area contributed by atoms with E-state index in [4.69, 9.17) is 23.8 Å². The Kier molecular flexibility index (Phi) is 8.72. The summed E-state index contributed by atoms with van der Waals surface area (Å²) in [6.45, 7) is 4.24. The topological polar surface area (TPSA) is 102 Å². The highest BCUT2D eigenvalue weighted by molar-refractivity contribution is 5.80. The van der Waals surface area contributed by atoms with Gasteiger partial charge in [-0.2, -0.15) is 13.2 Å². The van der Waals surface area contributed by atoms with E-state index in [1.807, 2.05) is 13.8 Å². The lowest BCUT2D eigenvalue weighted by Crippen LogP contribution is -2.59. The zero-order valence-corrected chi connectivity index (χ0v) is 21.2. The van der Waals surface area contributed by atoms with Gasteiger partial charge in [-0.05, 0) is 31.5 Å². The van der Waals surface area contributed by atoms with Crippen LogP contribution in [0.4, 0.5) is 13.2 Å². The van der Waals surface area contributed by atoms with Gasteiger partial charge in [-0.15, -0.1) is 5.10 Å². The van der Waals surface area contributed by atoms with Gasteiger partial charge >= 0.3 is 6.18 Å². The number of benzene rings is 1. The van der Waals surface area contributed by atoms with Gasteiger partial charge in [0, 0.05) is 32.6 Å². The van der Waals surface area contributed by atoms with Crippen LogP contribution in [0.5, 0.6) is 0 Å². The molecule has 1 saturated heterocycles. The first-order valence-electron chi connectivity index (χ1n) is 11.8. The van der Waals surface area contributed by atoms with E-state index in [-0.39, 0.29) is 24.1 Å². The van der Waals surface area contributed by atoms with Gasteiger partial charge in [0.1, 0.15) is 18.5 Å². The maximum Gasteiger partial charge on any atom is 0.417 e. The zero-order chi connectivity index (χ0) is 27.3. The monoisotopic (exact) mass is 535 g/mol. The van der Waals surface area contributed by atoms with Gasteiger partial charge in [0.15, 0.2) is 17.7 Å². The molecule has 4 rings (SSSR count). The third kappa shape index (κ3) is 6.18. The predicted octanol–water partition coefficient (Wildman–Crippen LogP) is 3.88. The largest absolute Gasteiger partial charge is 0.417 e. The highest BCUT2D eigenvalue weighted by atomic mass is 19.4. The van der Waals surface area contributed by atoms with Gasteiger partial charge in [-0.25, -0.2) is 14.6 Å². The van der Waals surface area contributed by atoms with Gasteiger partial charge in [0.2, 0.25) is 0 Å². The summed E-state index contributed by atoms with van der Waals surface area (Å²) in [5, 5.41) is 8.37. The predicted molar refractivity (Wildman–Crippen MR) is 130 cm³/mol. The van der Waals surface area contributed by atoms with Crippen molar-refractivity contribution >= 4 is 6.21 Å². The molecule has 1 aliphatic heterocycles. The first-order chi connectivity index (χ1) is 18.2. The van der Waals surface area contributed by atoms with Crippen LogP contribution in [0.1, 0.15) is 25.0 Å². The standard InChI is InChI=1S/C25H28F3N5O5/c1-5-36-21-20(34-3)15(2)37-24(22(21)35-4)38-31-12-16-6-8-17(9-7-16)23-30-14-33(32-23)19-11-10-18(13-29-19)25(26,27)28/h6-15,20-22,24H,5H2,1-4H3/b31-12+/t15-,20-,21+,22+,24-/m0/s1. The van der Waals surface area contributed by atoms with E-state index in [1.54, 1.807) is 38.5 Å². The lowest BCUT2D eigenvalue weighted by Gasteiger charge is -2.42. The number of alkyl halides is 3. The van der Waals surface area contributed by atoms with Crippen LogP contribution in [-0.2, 0) is 30.0 Å². The minimum atomic E-state index is -4.46. The number of nitrogens with zero attached hydrogens (tertiary/aromatic N) is 5. The highest BCUT2D eigenvalue weighted by Crippen LogP contribution is 2.29. The van der Waals surface area contributed by atoms with Crippen LogP contribution in [-0.4, -0.2) is 77.5 Å². The van der Waals surface area contributed by atoms with Crippen molar-refractivity contribution in [1.29, 1.82) is 0 Å². The second-order valence-electron chi connectivity index (χ2n) is 8.41. The molecule has 5 atom stereocenters. The quantitative estimate of drug-likeness (QED) is 0.301. The summed E-state index contributed by atoms with van der Waals surface area (Å²) in [5.74, 6) is 0.600. The average Bonchev–Trinajstić information content (AvgIpc) is 3.39. The Balaban J connectivity index is 1.40. The smallest absolute Gasteiger partial charge is 0.376 e. The third-order valence-corrected chi connectivity index (χ3v) is 5.97. The molecule has 0 unspecified atom stereocenters. The molecule has 1 aliphatic rings. The van der Waals surface area contributed by atoms with E-state index < -0.39 is 24.1 Å². The molecule has 13 heteroatoms. The fourth-order valence-electron chi connectivity index (χ4n) is 4.08. The Morgan fingerprint density at radius 3 is 2.37 bits per heavy atom. The molecule has 38 heavy (non-hydrogen) atoms. The molecule has 0 bridgehead atoms. The molecule has 0 spiro atoms. The second kappa shape index (κ2) is 12.0. The molecule has 2 aromatic heterocycles. The lowest BCUT2D eigenvalue weighted by atomic mass is 9.99. The van der Waals surface area contributed by atoms with Crippen molar-refractivity contribution in [3.05, 3.63) is 60.0 Å². The molecule has 204 valence electrons. The fourth-order valence-corrected chi connectivity index (χ4v) is 4.08. The van der Waals surface area contributed by atoms with Gasteiger partial charge in [-0.3, -0.25) is 0 Å². The Bertz CT molecular complexity index is 1200. The lowest BCUT2D eigenvalue weighted by molar-refractivity contribution is -0.308. The molecule has 1 aromatic carbocycles. The van der Waals surface area contributed by atoms with Crippen LogP contribution < -0.4 is 0 Å². The highest BCUT2D eigenvalue weighted by Gasteiger charge is 2.47. The molecule has 0 aliphatic carbocycles. The Hall–Kier alpha value is -3.39. The van der Waals surface area contributed by atoms with Crippen LogP contribution in [0.3, 0.4) is 0 Å². The minimum absolute atomic E-state index is 0.217. The molecule has 0 N–H and O–H groups in total. The van der Waals surface area contributed by atoms with E-state index >= 15 is 0 Å². The normalized spacial score (nSPS) is 24.1. The first kappa shape index (κ1) is 27.6. The van der Waals surface area contributed by atoms with Crippen LogP contribution in [0.15, 0.2) is 54.1 Å². The number of pyridine rings is 1. The van der Waals surface area contributed by atoms with E-state index in [0.29, 0.717) is 18.0 Å². The van der Waals surface area contributed by atoms with Gasteiger partial charge in [0.05, 0.1) is 17.9 Å². The summed E-state index contributed by atoms with van der Waals surface area (Å²) < 4.78 is 62.4. The van der Waals surface area contributed by atoms with Crippen molar-refractivity contribution in [2.45, 2.75) is 50.7 Å². The SMILES string of the molecule is CCO[C@@H]1[C@@H](OC)[C@H](C)O[C@@H](O/N=C/c2ccc(-c3ncn(-c4ccc(C(F)(F)F)cn4)n3)cc2)[C@@H]1OC. The average molecular weight is 536 g/mol. The Morgan fingerprint density at radius 2 is 1.76 bits per heavy atom. The maximum absolute atomic E-state index is 12.8. The second-order valence-corrected chi connectivity index (χ2v) is 8.41. The van der Waals surface area contributed by atoms with E-state index in [2.05, 4.69) is 20.2 Å². The Labute approximate surface area is 217 Å². The van der Waals surface area contributed by atoms with Gasteiger partial charge in [0.25, 0.3) is 6.29 Å². The van der Waals surface area contributed by atoms with Gasteiger partial charge < -0.3 is 23.8 Å². The van der Waals surface area contributed by atoms with E-state index in [1.165, 1.54) is 23.3 Å². The molecule has 3 heterocycles. The summed E-state index contributed by atoms with van der Waals surface area (Å²) in [4.78, 5) is 13.7. The van der Waals surface area contributed by atoms with Crippen molar-refractivity contribution in [2.24, 2.45) is 5.16 Å². The van der Waals surface area contributed by atoms with Gasteiger partial charge in [-0.1, -0.05) is 29.4 Å². The summed E-state index contributed by atoms with van der Waals surface area (Å²) in [6, 6.07) is 9.33. The van der Waals surface area contributed by atoms with E-state index in [9.17, 15) is 13.2 Å². The molecule has 0 radical (unpaired) electrons. The van der Waals surface area contributed by atoms with Crippen molar-refractivity contribution in [3.63, 3.8) is 0 Å². The van der Waals surface area contributed by atoms with Crippen LogP contribution in [0, 0.1) is 0 Å². The number of hydrogen-bond acceptors (Lipinski definition) is 9. The third-order valence-electron chi connectivity index (χ3n) is 5.97. The molecule has 0 saturated carbocycles. The molecular formula is C25H28F3N5O5. The summed E-state index contributed by atoms with van der Waals surface area (Å²) >= 11 is 0. The number of oxime groups is 1. The van der Waals surface area contributed by atoms with Crippen molar-refractivity contribution in [3.8, 4) is 17.2 Å². The van der Waals surface area contributed by atoms with Crippen LogP contribution in [0.2, 0.25) is 0 Å². The number of hydrogen-bond donors (Lipinski definition) is 0. The molecule has 1 fully saturated rings. The van der Waals surface area contributed by atoms with Crippen LogP contribution >= 0.6 is 0 Å². The molecule has 3 aromatic rings. The maximum atomic E-state index is 12.8. The number of aromatic nitrogens is 4. The fraction of sp³-hybridized carbons (Fsp3) is 0.440. The summed E-state index contributed by atoms with van der Waals surface area (Å²) in [5.41, 5.74) is 0.604. The van der Waals surface area contributed by atoms with Crippen molar-refractivity contribution in [2.75, 3.05) is 20.8 Å². The summed E-state index contributed by atoms with van der Waals surface area (Å²) in [6.07, 6.45) is -3.12. The number of halogens is 3. The van der Waals surface area contributed by atoms with Crippen molar-refractivity contribution in [1.82, 2.24) is 19.7 Å². The summed E-state index contributed by atoms with van der Waals surface area (Å²) in [7, 11) is 3.14. The molecule has 0 amide bonds. The Morgan fingerprint density at radius 1 is 1.03 bits per heavy atom. The zero-order valence-electron chi connectivity index (χ0n) is 21.2. The molecular weight excluding hydrogens is 507 g/mol. The van der Waals surface area contributed by atoms with Crippen LogP contribution in [0.25, 0.3) is 17.2 Å². The number of ether oxygens (including phenoxy) is 4. The first-order valence-corrected chi connectivity index (χ1v) is 11.8. The number of methoxy groups -OCH3 is 2. The molecule has 10 nitrogen and oxygen atoms in total.